The molecule has 20 heavy (non-hydrogen) atoms. The van der Waals surface area contributed by atoms with Gasteiger partial charge in [0.1, 0.15) is 5.75 Å². The van der Waals surface area contributed by atoms with Gasteiger partial charge in [-0.2, -0.15) is 0 Å². The number of rotatable bonds is 3. The van der Waals surface area contributed by atoms with Gasteiger partial charge in [0.25, 0.3) is 0 Å². The topological polar surface area (TPSA) is 31.4 Å². The summed E-state index contributed by atoms with van der Waals surface area (Å²) in [5, 5.41) is 0. The van der Waals surface area contributed by atoms with Crippen LogP contribution in [0.25, 0.3) is 11.1 Å². The molecule has 0 aliphatic heterocycles. The van der Waals surface area contributed by atoms with Gasteiger partial charge >= 0.3 is 0 Å². The average molecular weight is 271 g/mol. The molecule has 1 heterocycles. The fourth-order valence-corrected chi connectivity index (χ4v) is 2.16. The molecule has 0 amide bonds. The maximum atomic E-state index is 5.53. The van der Waals surface area contributed by atoms with Crippen LogP contribution in [0.5, 0.6) is 11.6 Å². The fourth-order valence-electron chi connectivity index (χ4n) is 2.16. The van der Waals surface area contributed by atoms with Gasteiger partial charge in [-0.1, -0.05) is 32.9 Å². The van der Waals surface area contributed by atoms with Gasteiger partial charge in [-0.15, -0.1) is 0 Å². The number of aromatic nitrogens is 1. The van der Waals surface area contributed by atoms with E-state index in [1.54, 1.807) is 14.2 Å². The Morgan fingerprint density at radius 1 is 0.900 bits per heavy atom. The largest absolute Gasteiger partial charge is 0.496 e. The SMILES string of the molecule is COc1ccc(-c2ccc(C(C)(C)C)c(OC)c2)cn1. The Balaban J connectivity index is 2.43. The number of benzene rings is 1. The van der Waals surface area contributed by atoms with E-state index in [2.05, 4.69) is 44.0 Å². The van der Waals surface area contributed by atoms with Crippen LogP contribution >= 0.6 is 0 Å². The lowest BCUT2D eigenvalue weighted by atomic mass is 9.85. The molecular formula is C17H21NO2. The van der Waals surface area contributed by atoms with E-state index in [4.69, 9.17) is 9.47 Å². The summed E-state index contributed by atoms with van der Waals surface area (Å²) in [7, 11) is 3.32. The zero-order valence-corrected chi connectivity index (χ0v) is 12.7. The highest BCUT2D eigenvalue weighted by Crippen LogP contribution is 2.34. The summed E-state index contributed by atoms with van der Waals surface area (Å²) in [6.45, 7) is 6.54. The first kappa shape index (κ1) is 14.4. The summed E-state index contributed by atoms with van der Waals surface area (Å²) in [5.41, 5.74) is 3.39. The van der Waals surface area contributed by atoms with Crippen molar-refractivity contribution in [1.82, 2.24) is 4.98 Å². The quantitative estimate of drug-likeness (QED) is 0.843. The first-order chi connectivity index (χ1) is 9.45. The van der Waals surface area contributed by atoms with Crippen molar-refractivity contribution in [3.63, 3.8) is 0 Å². The predicted molar refractivity (Wildman–Crippen MR) is 81.5 cm³/mol. The second kappa shape index (κ2) is 5.53. The second-order valence-electron chi connectivity index (χ2n) is 5.75. The van der Waals surface area contributed by atoms with Gasteiger partial charge in [0.05, 0.1) is 14.2 Å². The van der Waals surface area contributed by atoms with Gasteiger partial charge < -0.3 is 9.47 Å². The third kappa shape index (κ3) is 2.93. The molecule has 0 saturated carbocycles. The summed E-state index contributed by atoms with van der Waals surface area (Å²) in [6, 6.07) is 10.1. The van der Waals surface area contributed by atoms with Crippen molar-refractivity contribution in [3.05, 3.63) is 42.1 Å². The Bertz CT molecular complexity index is 583. The van der Waals surface area contributed by atoms with Crippen LogP contribution in [0.1, 0.15) is 26.3 Å². The van der Waals surface area contributed by atoms with Crippen molar-refractivity contribution in [3.8, 4) is 22.8 Å². The molecule has 3 heteroatoms. The maximum absolute atomic E-state index is 5.53. The molecular weight excluding hydrogens is 250 g/mol. The van der Waals surface area contributed by atoms with Gasteiger partial charge in [-0.25, -0.2) is 4.98 Å². The number of nitrogens with zero attached hydrogens (tertiary/aromatic N) is 1. The molecule has 2 aromatic rings. The van der Waals surface area contributed by atoms with E-state index >= 15 is 0 Å². The molecule has 0 aliphatic carbocycles. The summed E-state index contributed by atoms with van der Waals surface area (Å²) in [5.74, 6) is 1.53. The van der Waals surface area contributed by atoms with E-state index in [-0.39, 0.29) is 5.41 Å². The van der Waals surface area contributed by atoms with E-state index in [0.29, 0.717) is 5.88 Å². The molecule has 1 aromatic heterocycles. The first-order valence-electron chi connectivity index (χ1n) is 6.64. The van der Waals surface area contributed by atoms with Gasteiger partial charge in [0, 0.05) is 17.8 Å². The minimum absolute atomic E-state index is 0.0576. The monoisotopic (exact) mass is 271 g/mol. The highest BCUT2D eigenvalue weighted by molar-refractivity contribution is 5.66. The molecule has 3 nitrogen and oxygen atoms in total. The average Bonchev–Trinajstić information content (AvgIpc) is 2.45. The molecule has 106 valence electrons. The van der Waals surface area contributed by atoms with Crippen LogP contribution in [0.15, 0.2) is 36.5 Å². The Hall–Kier alpha value is -2.03. The van der Waals surface area contributed by atoms with Crippen LogP contribution in [0.3, 0.4) is 0 Å². The molecule has 0 unspecified atom stereocenters. The van der Waals surface area contributed by atoms with Gasteiger partial charge in [-0.3, -0.25) is 0 Å². The third-order valence-corrected chi connectivity index (χ3v) is 3.29. The van der Waals surface area contributed by atoms with Crippen molar-refractivity contribution in [2.45, 2.75) is 26.2 Å². The number of hydrogen-bond acceptors (Lipinski definition) is 3. The van der Waals surface area contributed by atoms with Crippen molar-refractivity contribution in [2.75, 3.05) is 14.2 Å². The maximum Gasteiger partial charge on any atom is 0.212 e. The van der Waals surface area contributed by atoms with Crippen molar-refractivity contribution < 1.29 is 9.47 Å². The zero-order valence-electron chi connectivity index (χ0n) is 12.7. The normalized spacial score (nSPS) is 11.2. The van der Waals surface area contributed by atoms with Crippen LogP contribution in [0, 0.1) is 0 Å². The number of hydrogen-bond donors (Lipinski definition) is 0. The molecule has 0 radical (unpaired) electrons. The molecule has 0 spiro atoms. The highest BCUT2D eigenvalue weighted by atomic mass is 16.5. The Kier molecular flexibility index (Phi) is 3.98. The van der Waals surface area contributed by atoms with E-state index in [1.165, 1.54) is 5.56 Å². The zero-order chi connectivity index (χ0) is 14.8. The first-order valence-corrected chi connectivity index (χ1v) is 6.64. The Labute approximate surface area is 120 Å². The minimum Gasteiger partial charge on any atom is -0.496 e. The summed E-state index contributed by atoms with van der Waals surface area (Å²) in [6.07, 6.45) is 1.81. The van der Waals surface area contributed by atoms with Crippen LogP contribution in [-0.4, -0.2) is 19.2 Å². The van der Waals surface area contributed by atoms with E-state index in [1.807, 2.05) is 18.3 Å². The highest BCUT2D eigenvalue weighted by Gasteiger charge is 2.19. The number of ether oxygens (including phenoxy) is 2. The molecule has 2 rings (SSSR count). The minimum atomic E-state index is 0.0576. The molecule has 0 fully saturated rings. The standard InChI is InChI=1S/C17H21NO2/c1-17(2,3)14-8-6-12(10-15(14)19-4)13-7-9-16(20-5)18-11-13/h6-11H,1-5H3. The Morgan fingerprint density at radius 3 is 2.10 bits per heavy atom. The lowest BCUT2D eigenvalue weighted by Crippen LogP contribution is -2.12. The van der Waals surface area contributed by atoms with Crippen LogP contribution < -0.4 is 9.47 Å². The smallest absolute Gasteiger partial charge is 0.212 e. The van der Waals surface area contributed by atoms with Crippen molar-refractivity contribution >= 4 is 0 Å². The number of methoxy groups -OCH3 is 2. The summed E-state index contributed by atoms with van der Waals surface area (Å²) in [4.78, 5) is 4.24. The summed E-state index contributed by atoms with van der Waals surface area (Å²) < 4.78 is 10.6. The van der Waals surface area contributed by atoms with Crippen LogP contribution in [-0.2, 0) is 5.41 Å². The lowest BCUT2D eigenvalue weighted by molar-refractivity contribution is 0.397. The molecule has 0 bridgehead atoms. The summed E-state index contributed by atoms with van der Waals surface area (Å²) >= 11 is 0. The second-order valence-corrected chi connectivity index (χ2v) is 5.75. The molecule has 0 saturated heterocycles. The van der Waals surface area contributed by atoms with E-state index in [0.717, 1.165) is 16.9 Å². The molecule has 1 aromatic carbocycles. The third-order valence-electron chi connectivity index (χ3n) is 3.29. The van der Waals surface area contributed by atoms with Crippen molar-refractivity contribution in [1.29, 1.82) is 0 Å². The predicted octanol–water partition coefficient (Wildman–Crippen LogP) is 4.06. The van der Waals surface area contributed by atoms with E-state index < -0.39 is 0 Å². The Morgan fingerprint density at radius 2 is 1.60 bits per heavy atom. The fraction of sp³-hybridized carbons (Fsp3) is 0.353. The molecule has 0 N–H and O–H groups in total. The van der Waals surface area contributed by atoms with Crippen molar-refractivity contribution in [2.24, 2.45) is 0 Å². The molecule has 0 atom stereocenters. The van der Waals surface area contributed by atoms with E-state index in [9.17, 15) is 0 Å². The van der Waals surface area contributed by atoms with Gasteiger partial charge in [0.2, 0.25) is 5.88 Å². The van der Waals surface area contributed by atoms with Gasteiger partial charge in [0.15, 0.2) is 0 Å². The number of pyridine rings is 1. The molecule has 0 aliphatic rings. The lowest BCUT2D eigenvalue weighted by Gasteiger charge is -2.22. The van der Waals surface area contributed by atoms with Crippen LogP contribution in [0.2, 0.25) is 0 Å². The van der Waals surface area contributed by atoms with Crippen LogP contribution in [0.4, 0.5) is 0 Å². The van der Waals surface area contributed by atoms with Gasteiger partial charge in [-0.05, 0) is 28.7 Å².